The topological polar surface area (TPSA) is 72.9 Å². The fourth-order valence-electron chi connectivity index (χ4n) is 3.14. The van der Waals surface area contributed by atoms with Crippen LogP contribution in [0.2, 0.25) is 0 Å². The molecular formula is C20H22BrNO5S. The fourth-order valence-corrected chi connectivity index (χ4v) is 5.20. The number of benzene rings is 2. The van der Waals surface area contributed by atoms with Crippen LogP contribution in [0.1, 0.15) is 12.0 Å². The maximum Gasteiger partial charge on any atom is 0.222 e. The quantitative estimate of drug-likeness (QED) is 0.625. The first kappa shape index (κ1) is 20.7. The average Bonchev–Trinajstić information content (AvgIpc) is 2.65. The minimum atomic E-state index is -3.45. The highest BCUT2D eigenvalue weighted by Gasteiger charge is 2.40. The van der Waals surface area contributed by atoms with Gasteiger partial charge < -0.3 is 14.4 Å². The number of methoxy groups -OCH3 is 2. The molecule has 6 nitrogen and oxygen atoms in total. The summed E-state index contributed by atoms with van der Waals surface area (Å²) < 4.78 is 36.7. The molecule has 0 atom stereocenters. The molecule has 1 amide bonds. The van der Waals surface area contributed by atoms with E-state index in [9.17, 15) is 13.2 Å². The van der Waals surface area contributed by atoms with E-state index < -0.39 is 15.1 Å². The number of likely N-dealkylation sites (tertiary alicyclic amines) is 1. The Morgan fingerprint density at radius 3 is 2.39 bits per heavy atom. The first-order valence-electron chi connectivity index (χ1n) is 8.83. The van der Waals surface area contributed by atoms with Gasteiger partial charge in [-0.15, -0.1) is 0 Å². The number of nitrogens with zero attached hydrogens (tertiary/aromatic N) is 1. The van der Waals surface area contributed by atoms with Gasteiger partial charge in [0.1, 0.15) is 16.7 Å². The molecule has 1 fully saturated rings. The van der Waals surface area contributed by atoms with E-state index in [1.165, 1.54) is 19.2 Å². The van der Waals surface area contributed by atoms with E-state index >= 15 is 0 Å². The van der Waals surface area contributed by atoms with Crippen LogP contribution in [0.4, 0.5) is 0 Å². The maximum atomic E-state index is 12.7. The number of aryl methyl sites for hydroxylation is 1. The molecule has 150 valence electrons. The molecular weight excluding hydrogens is 446 g/mol. The van der Waals surface area contributed by atoms with E-state index in [0.717, 1.165) is 15.8 Å². The molecule has 0 spiro atoms. The van der Waals surface area contributed by atoms with Gasteiger partial charge in [-0.2, -0.15) is 0 Å². The van der Waals surface area contributed by atoms with Crippen LogP contribution >= 0.6 is 15.9 Å². The number of hydrogen-bond donors (Lipinski definition) is 0. The highest BCUT2D eigenvalue weighted by Crippen LogP contribution is 2.27. The Hall–Kier alpha value is -2.06. The molecule has 1 heterocycles. The average molecular weight is 468 g/mol. The van der Waals surface area contributed by atoms with Crippen LogP contribution in [0.5, 0.6) is 11.5 Å². The number of carbonyl (C=O) groups is 1. The van der Waals surface area contributed by atoms with Gasteiger partial charge in [0.15, 0.2) is 9.84 Å². The lowest BCUT2D eigenvalue weighted by Gasteiger charge is -2.38. The summed E-state index contributed by atoms with van der Waals surface area (Å²) in [7, 11) is -0.326. The summed E-state index contributed by atoms with van der Waals surface area (Å²) in [5, 5.41) is -0.565. The molecule has 0 unspecified atom stereocenters. The summed E-state index contributed by atoms with van der Waals surface area (Å²) >= 11 is 3.42. The summed E-state index contributed by atoms with van der Waals surface area (Å²) in [6, 6.07) is 12.0. The maximum absolute atomic E-state index is 12.7. The van der Waals surface area contributed by atoms with Gasteiger partial charge in [-0.25, -0.2) is 8.42 Å². The Labute approximate surface area is 173 Å². The molecule has 0 aromatic heterocycles. The molecule has 0 saturated carbocycles. The smallest absolute Gasteiger partial charge is 0.222 e. The van der Waals surface area contributed by atoms with Gasteiger partial charge in [-0.1, -0.05) is 15.9 Å². The van der Waals surface area contributed by atoms with Gasteiger partial charge in [0.05, 0.1) is 19.1 Å². The number of ether oxygens (including phenoxy) is 2. The van der Waals surface area contributed by atoms with Crippen molar-refractivity contribution < 1.29 is 22.7 Å². The Morgan fingerprint density at radius 2 is 1.79 bits per heavy atom. The normalized spacial score (nSPS) is 14.5. The Kier molecular flexibility index (Phi) is 6.30. The summed E-state index contributed by atoms with van der Waals surface area (Å²) in [6.45, 7) is 0.450. The highest BCUT2D eigenvalue weighted by atomic mass is 79.9. The SMILES string of the molecule is COc1ccc(S(=O)(=O)C2CN(C(=O)CCc3cc(Br)ccc3OC)C2)cc1. The van der Waals surface area contributed by atoms with Crippen molar-refractivity contribution >= 4 is 31.7 Å². The standard InChI is InChI=1S/C20H22BrNO5S/c1-26-16-5-7-17(8-6-16)28(24,25)18-12-22(13-18)20(23)10-3-14-11-15(21)4-9-19(14)27-2/h4-9,11,18H,3,10,12-13H2,1-2H3. The second kappa shape index (κ2) is 8.53. The molecule has 0 N–H and O–H groups in total. The van der Waals surface area contributed by atoms with Crippen molar-refractivity contribution in [2.75, 3.05) is 27.3 Å². The van der Waals surface area contributed by atoms with Gasteiger partial charge >= 0.3 is 0 Å². The van der Waals surface area contributed by atoms with Crippen LogP contribution < -0.4 is 9.47 Å². The van der Waals surface area contributed by atoms with Gasteiger partial charge in [0.2, 0.25) is 5.91 Å². The molecule has 2 aromatic carbocycles. The Balaban J connectivity index is 1.57. The lowest BCUT2D eigenvalue weighted by Crippen LogP contribution is -2.56. The van der Waals surface area contributed by atoms with Crippen LogP contribution in [0.25, 0.3) is 0 Å². The molecule has 2 aromatic rings. The van der Waals surface area contributed by atoms with Crippen molar-refractivity contribution in [3.05, 3.63) is 52.5 Å². The third-order valence-electron chi connectivity index (χ3n) is 4.88. The second-order valence-electron chi connectivity index (χ2n) is 6.60. The van der Waals surface area contributed by atoms with Crippen molar-refractivity contribution in [3.8, 4) is 11.5 Å². The number of rotatable bonds is 7. The number of carbonyl (C=O) groups excluding carboxylic acids is 1. The third kappa shape index (κ3) is 4.33. The van der Waals surface area contributed by atoms with E-state index in [0.29, 0.717) is 18.6 Å². The first-order chi connectivity index (χ1) is 13.3. The van der Waals surface area contributed by atoms with Crippen LogP contribution in [-0.2, 0) is 21.1 Å². The van der Waals surface area contributed by atoms with Gasteiger partial charge in [0.25, 0.3) is 0 Å². The molecule has 1 aliphatic rings. The van der Waals surface area contributed by atoms with E-state index in [2.05, 4.69) is 15.9 Å². The molecule has 1 aliphatic heterocycles. The van der Waals surface area contributed by atoms with Crippen LogP contribution in [0, 0.1) is 0 Å². The molecule has 0 radical (unpaired) electrons. The molecule has 3 rings (SSSR count). The van der Waals surface area contributed by atoms with Gasteiger partial charge in [0, 0.05) is 24.0 Å². The molecule has 0 bridgehead atoms. The molecule has 28 heavy (non-hydrogen) atoms. The zero-order chi connectivity index (χ0) is 20.3. The second-order valence-corrected chi connectivity index (χ2v) is 9.74. The lowest BCUT2D eigenvalue weighted by atomic mass is 10.1. The first-order valence-corrected chi connectivity index (χ1v) is 11.2. The van der Waals surface area contributed by atoms with Crippen LogP contribution in [0.15, 0.2) is 51.8 Å². The monoisotopic (exact) mass is 467 g/mol. The zero-order valence-electron chi connectivity index (χ0n) is 15.7. The number of halogens is 1. The molecule has 8 heteroatoms. The number of sulfone groups is 1. The summed E-state index contributed by atoms with van der Waals surface area (Å²) in [4.78, 5) is 14.3. The highest BCUT2D eigenvalue weighted by molar-refractivity contribution is 9.10. The number of amides is 1. The fraction of sp³-hybridized carbons (Fsp3) is 0.350. The van der Waals surface area contributed by atoms with Crippen molar-refractivity contribution in [2.24, 2.45) is 0 Å². The minimum absolute atomic E-state index is 0.0526. The predicted octanol–water partition coefficient (Wildman–Crippen LogP) is 3.08. The lowest BCUT2D eigenvalue weighted by molar-refractivity contribution is -0.134. The molecule has 0 aliphatic carbocycles. The van der Waals surface area contributed by atoms with Crippen molar-refractivity contribution in [3.63, 3.8) is 0 Å². The van der Waals surface area contributed by atoms with Crippen LogP contribution in [-0.4, -0.2) is 51.8 Å². The zero-order valence-corrected chi connectivity index (χ0v) is 18.1. The largest absolute Gasteiger partial charge is 0.497 e. The van der Waals surface area contributed by atoms with E-state index in [1.54, 1.807) is 24.1 Å². The number of hydrogen-bond acceptors (Lipinski definition) is 5. The summed E-state index contributed by atoms with van der Waals surface area (Å²) in [6.07, 6.45) is 0.843. The van der Waals surface area contributed by atoms with Crippen molar-refractivity contribution in [2.45, 2.75) is 23.0 Å². The van der Waals surface area contributed by atoms with Crippen molar-refractivity contribution in [1.82, 2.24) is 4.90 Å². The summed E-state index contributed by atoms with van der Waals surface area (Å²) in [5.41, 5.74) is 0.938. The Bertz CT molecular complexity index is 953. The van der Waals surface area contributed by atoms with Gasteiger partial charge in [-0.05, 0) is 54.4 Å². The Morgan fingerprint density at radius 1 is 1.11 bits per heavy atom. The minimum Gasteiger partial charge on any atom is -0.497 e. The van der Waals surface area contributed by atoms with E-state index in [-0.39, 0.29) is 23.9 Å². The predicted molar refractivity (Wildman–Crippen MR) is 110 cm³/mol. The molecule has 1 saturated heterocycles. The van der Waals surface area contributed by atoms with E-state index in [1.807, 2.05) is 18.2 Å². The van der Waals surface area contributed by atoms with Crippen molar-refractivity contribution in [1.29, 1.82) is 0 Å². The third-order valence-corrected chi connectivity index (χ3v) is 7.48. The van der Waals surface area contributed by atoms with Crippen LogP contribution in [0.3, 0.4) is 0 Å². The summed E-state index contributed by atoms with van der Waals surface area (Å²) in [5.74, 6) is 1.29. The van der Waals surface area contributed by atoms with E-state index in [4.69, 9.17) is 9.47 Å². The van der Waals surface area contributed by atoms with Gasteiger partial charge in [-0.3, -0.25) is 4.79 Å².